The van der Waals surface area contributed by atoms with E-state index in [4.69, 9.17) is 21.1 Å². The van der Waals surface area contributed by atoms with Crippen LogP contribution in [0.4, 0.5) is 9.18 Å². The van der Waals surface area contributed by atoms with Gasteiger partial charge in [0.15, 0.2) is 5.82 Å². The van der Waals surface area contributed by atoms with E-state index in [-0.39, 0.29) is 34.5 Å². The van der Waals surface area contributed by atoms with Gasteiger partial charge in [-0.3, -0.25) is 9.48 Å². The molecular formula is C28H26ClFN6O4. The topological polar surface area (TPSA) is 135 Å². The molecule has 0 aliphatic heterocycles. The highest BCUT2D eigenvalue weighted by molar-refractivity contribution is 6.31. The summed E-state index contributed by atoms with van der Waals surface area (Å²) in [6.07, 6.45) is 2.57. The molecule has 2 heterocycles. The number of H-pyrrole nitrogens is 1. The number of aromatic amines is 1. The highest BCUT2D eigenvalue weighted by atomic mass is 35.5. The second-order valence-electron chi connectivity index (χ2n) is 10.5. The van der Waals surface area contributed by atoms with Gasteiger partial charge in [-0.2, -0.15) is 15.5 Å². The Balaban J connectivity index is 1.61. The van der Waals surface area contributed by atoms with E-state index in [2.05, 4.69) is 26.7 Å². The summed E-state index contributed by atoms with van der Waals surface area (Å²) in [5.74, 6) is -0.560. The summed E-state index contributed by atoms with van der Waals surface area (Å²) >= 11 is 6.25. The van der Waals surface area contributed by atoms with Gasteiger partial charge in [0.25, 0.3) is 5.56 Å². The Morgan fingerprint density at radius 1 is 1.30 bits per heavy atom. The number of amides is 1. The lowest BCUT2D eigenvalue weighted by Gasteiger charge is -2.19. The minimum absolute atomic E-state index is 0.0137. The van der Waals surface area contributed by atoms with Crippen LogP contribution in [0.1, 0.15) is 44.9 Å². The number of halogens is 2. The largest absolute Gasteiger partial charge is 0.489 e. The molecule has 1 aliphatic carbocycles. The summed E-state index contributed by atoms with van der Waals surface area (Å²) in [5, 5.41) is 24.2. The van der Waals surface area contributed by atoms with Crippen molar-refractivity contribution < 1.29 is 18.7 Å². The van der Waals surface area contributed by atoms with Crippen LogP contribution in [0, 0.1) is 17.1 Å². The summed E-state index contributed by atoms with van der Waals surface area (Å²) in [7, 11) is 1.63. The zero-order chi connectivity index (χ0) is 28.8. The van der Waals surface area contributed by atoms with Crippen molar-refractivity contribution in [2.24, 2.45) is 7.05 Å². The smallest absolute Gasteiger partial charge is 0.407 e. The number of fused-ring (bicyclic) bond motifs is 1. The number of nitrogens with one attached hydrogen (secondary N) is 2. The number of benzene rings is 2. The predicted molar refractivity (Wildman–Crippen MR) is 146 cm³/mol. The first-order chi connectivity index (χ1) is 19.0. The van der Waals surface area contributed by atoms with Crippen LogP contribution >= 0.6 is 11.6 Å². The van der Waals surface area contributed by atoms with Crippen molar-refractivity contribution in [1.29, 1.82) is 5.26 Å². The molecular weight excluding hydrogens is 539 g/mol. The van der Waals surface area contributed by atoms with Gasteiger partial charge in [-0.05, 0) is 51.3 Å². The first-order valence-corrected chi connectivity index (χ1v) is 12.9. The molecule has 40 heavy (non-hydrogen) atoms. The fourth-order valence-corrected chi connectivity index (χ4v) is 4.53. The minimum Gasteiger partial charge on any atom is -0.489 e. The van der Waals surface area contributed by atoms with Gasteiger partial charge in [0.1, 0.15) is 23.0 Å². The van der Waals surface area contributed by atoms with Gasteiger partial charge in [0, 0.05) is 24.1 Å². The van der Waals surface area contributed by atoms with E-state index in [1.54, 1.807) is 52.2 Å². The molecule has 0 spiro atoms. The summed E-state index contributed by atoms with van der Waals surface area (Å²) in [5.41, 5.74) is 0.651. The third-order valence-electron chi connectivity index (χ3n) is 6.27. The normalized spacial score (nSPS) is 13.2. The van der Waals surface area contributed by atoms with Crippen molar-refractivity contribution in [3.05, 3.63) is 62.9 Å². The first-order valence-electron chi connectivity index (χ1n) is 12.6. The van der Waals surface area contributed by atoms with E-state index in [1.807, 2.05) is 0 Å². The quantitative estimate of drug-likeness (QED) is 0.328. The van der Waals surface area contributed by atoms with Gasteiger partial charge in [-0.15, -0.1) is 0 Å². The van der Waals surface area contributed by atoms with Crippen LogP contribution in [0.15, 0.2) is 35.3 Å². The van der Waals surface area contributed by atoms with Gasteiger partial charge < -0.3 is 14.8 Å². The molecule has 1 aliphatic rings. The monoisotopic (exact) mass is 564 g/mol. The molecule has 0 saturated heterocycles. The zero-order valence-corrected chi connectivity index (χ0v) is 23.0. The molecule has 1 fully saturated rings. The summed E-state index contributed by atoms with van der Waals surface area (Å²) in [4.78, 5) is 24.8. The molecule has 2 N–H and O–H groups in total. The van der Waals surface area contributed by atoms with Crippen LogP contribution in [-0.2, 0) is 18.3 Å². The maximum atomic E-state index is 15.6. The Kier molecular flexibility index (Phi) is 6.98. The number of ether oxygens (including phenoxy) is 2. The number of aromatic nitrogens is 4. The molecule has 10 nitrogen and oxygen atoms in total. The van der Waals surface area contributed by atoms with Crippen molar-refractivity contribution in [1.82, 2.24) is 25.3 Å². The third-order valence-corrected chi connectivity index (χ3v) is 6.54. The molecule has 4 aromatic rings. The molecule has 5 rings (SSSR count). The maximum absolute atomic E-state index is 15.6. The van der Waals surface area contributed by atoms with Crippen LogP contribution in [0.25, 0.3) is 33.2 Å². The maximum Gasteiger partial charge on any atom is 0.407 e. The van der Waals surface area contributed by atoms with Gasteiger partial charge >= 0.3 is 6.09 Å². The Bertz CT molecular complexity index is 1750. The van der Waals surface area contributed by atoms with Gasteiger partial charge in [-0.1, -0.05) is 17.7 Å². The van der Waals surface area contributed by atoms with Crippen molar-refractivity contribution in [2.45, 2.75) is 51.9 Å². The number of carbonyl (C=O) groups excluding carboxylic acids is 1. The number of aryl methyl sites for hydroxylation is 1. The summed E-state index contributed by atoms with van der Waals surface area (Å²) in [6, 6.07) is 8.42. The average molecular weight is 565 g/mol. The number of alkyl carbamates (subject to hydrolysis) is 1. The fraction of sp³-hybridized carbons (Fsp3) is 0.321. The summed E-state index contributed by atoms with van der Waals surface area (Å²) < 4.78 is 28.2. The molecule has 2 aromatic heterocycles. The van der Waals surface area contributed by atoms with Gasteiger partial charge in [-0.25, -0.2) is 14.3 Å². The highest BCUT2D eigenvalue weighted by Crippen LogP contribution is 2.43. The molecule has 0 radical (unpaired) electrons. The highest BCUT2D eigenvalue weighted by Gasteiger charge is 2.30. The van der Waals surface area contributed by atoms with Crippen LogP contribution in [0.2, 0.25) is 5.02 Å². The Labute approximate surface area is 233 Å². The molecule has 1 saturated carbocycles. The van der Waals surface area contributed by atoms with Crippen LogP contribution in [0.3, 0.4) is 0 Å². The SMILES string of the molecule is Cn1ncc(-c2ccc3c(=O)[nH]nc(CNC(=O)OC(C)(C)C)c3c2)c1-c1c(F)c(Cl)cc(OC2CC2)c1C#N. The van der Waals surface area contributed by atoms with Crippen LogP contribution in [0.5, 0.6) is 5.75 Å². The first kappa shape index (κ1) is 27.1. The standard InChI is InChI=1S/C28H26ClFN6O4/c1-28(2,3)40-27(38)32-13-21-17-9-14(5-8-16(17)26(37)35-34-21)19-12-33-36(4)25(19)23-18(11-31)22(39-15-6-7-15)10-20(29)24(23)30/h5,8-10,12,15H,6-7,13H2,1-4H3,(H,32,38)(H,35,37). The number of rotatable bonds is 6. The average Bonchev–Trinajstić information content (AvgIpc) is 3.63. The van der Waals surface area contributed by atoms with Gasteiger partial charge in [0.05, 0.1) is 46.2 Å². The minimum atomic E-state index is -0.771. The van der Waals surface area contributed by atoms with E-state index in [0.717, 1.165) is 12.8 Å². The number of nitrogens with zero attached hydrogens (tertiary/aromatic N) is 4. The van der Waals surface area contributed by atoms with Crippen LogP contribution < -0.4 is 15.6 Å². The Morgan fingerprint density at radius 2 is 2.05 bits per heavy atom. The van der Waals surface area contributed by atoms with Crippen molar-refractivity contribution in [3.63, 3.8) is 0 Å². The lowest BCUT2D eigenvalue weighted by atomic mass is 9.95. The molecule has 206 valence electrons. The lowest BCUT2D eigenvalue weighted by Crippen LogP contribution is -2.32. The Morgan fingerprint density at radius 3 is 2.73 bits per heavy atom. The number of nitriles is 1. The van der Waals surface area contributed by atoms with E-state index in [1.165, 1.54) is 10.7 Å². The molecule has 1 amide bonds. The zero-order valence-electron chi connectivity index (χ0n) is 22.3. The molecule has 2 aromatic carbocycles. The van der Waals surface area contributed by atoms with Crippen LogP contribution in [-0.4, -0.2) is 37.8 Å². The van der Waals surface area contributed by atoms with E-state index in [9.17, 15) is 14.9 Å². The lowest BCUT2D eigenvalue weighted by molar-refractivity contribution is 0.0523. The second kappa shape index (κ2) is 10.3. The fourth-order valence-electron chi connectivity index (χ4n) is 4.33. The number of hydrogen-bond donors (Lipinski definition) is 2. The summed E-state index contributed by atoms with van der Waals surface area (Å²) in [6.45, 7) is 5.23. The molecule has 0 unspecified atom stereocenters. The molecule has 12 heteroatoms. The number of hydrogen-bond acceptors (Lipinski definition) is 7. The van der Waals surface area contributed by atoms with E-state index in [0.29, 0.717) is 33.3 Å². The molecule has 0 atom stereocenters. The second-order valence-corrected chi connectivity index (χ2v) is 10.9. The van der Waals surface area contributed by atoms with E-state index < -0.39 is 23.1 Å². The van der Waals surface area contributed by atoms with Crippen molar-refractivity contribution >= 4 is 28.5 Å². The third kappa shape index (κ3) is 5.35. The predicted octanol–water partition coefficient (Wildman–Crippen LogP) is 5.22. The van der Waals surface area contributed by atoms with E-state index >= 15 is 4.39 Å². The van der Waals surface area contributed by atoms with Crippen molar-refractivity contribution in [3.8, 4) is 34.2 Å². The Hall–Kier alpha value is -4.43. The van der Waals surface area contributed by atoms with Crippen molar-refractivity contribution in [2.75, 3.05) is 0 Å². The van der Waals surface area contributed by atoms with Gasteiger partial charge in [0.2, 0.25) is 0 Å². The number of carbonyl (C=O) groups is 1. The molecule has 0 bridgehead atoms.